The summed E-state index contributed by atoms with van der Waals surface area (Å²) >= 11 is 0. The van der Waals surface area contributed by atoms with Crippen LogP contribution in [0.15, 0.2) is 51.9 Å². The fourth-order valence-electron chi connectivity index (χ4n) is 4.57. The zero-order chi connectivity index (χ0) is 20.0. The first-order valence-corrected chi connectivity index (χ1v) is 10.2. The van der Waals surface area contributed by atoms with E-state index in [0.717, 1.165) is 44.2 Å². The second kappa shape index (κ2) is 6.99. The van der Waals surface area contributed by atoms with Gasteiger partial charge in [-0.05, 0) is 61.6 Å². The first kappa shape index (κ1) is 17.9. The summed E-state index contributed by atoms with van der Waals surface area (Å²) in [6.07, 6.45) is 10.9. The van der Waals surface area contributed by atoms with Crippen LogP contribution in [0.2, 0.25) is 0 Å². The van der Waals surface area contributed by atoms with E-state index in [9.17, 15) is 9.59 Å². The predicted molar refractivity (Wildman–Crippen MR) is 112 cm³/mol. The minimum absolute atomic E-state index is 0.142. The summed E-state index contributed by atoms with van der Waals surface area (Å²) in [5.41, 5.74) is 5.09. The van der Waals surface area contributed by atoms with Gasteiger partial charge in [-0.25, -0.2) is 9.36 Å². The van der Waals surface area contributed by atoms with Crippen molar-refractivity contribution in [3.05, 3.63) is 75.4 Å². The van der Waals surface area contributed by atoms with Gasteiger partial charge in [-0.3, -0.25) is 4.79 Å². The summed E-state index contributed by atoms with van der Waals surface area (Å²) in [5, 5.41) is 0.945. The number of rotatable bonds is 3. The Balaban J connectivity index is 1.56. The number of carbonyl (C=O) groups is 1. The predicted octanol–water partition coefficient (Wildman–Crippen LogP) is 3.21. The average Bonchev–Trinajstić information content (AvgIpc) is 2.73. The maximum atomic E-state index is 12.6. The maximum absolute atomic E-state index is 12.6. The highest BCUT2D eigenvalue weighted by atomic mass is 16.4. The molecular weight excluding hydrogens is 364 g/mol. The van der Waals surface area contributed by atoms with Crippen molar-refractivity contribution in [2.45, 2.75) is 25.7 Å². The number of aryl methyl sites for hydroxylation is 3. The normalized spacial score (nSPS) is 15.7. The van der Waals surface area contributed by atoms with Gasteiger partial charge >= 0.3 is 5.63 Å². The van der Waals surface area contributed by atoms with Gasteiger partial charge in [0.15, 0.2) is 18.2 Å². The number of allylic oxidation sites excluding steroid dienone is 1. The highest BCUT2D eigenvalue weighted by Gasteiger charge is 2.26. The molecule has 0 spiro atoms. The third-order valence-electron chi connectivity index (χ3n) is 5.88. The van der Waals surface area contributed by atoms with Crippen LogP contribution in [0.5, 0.6) is 0 Å². The smallest absolute Gasteiger partial charge is 0.343 e. The SMILES string of the molecule is C[n+]1cccc(C(=O)/C=C/c2cc3cc4c5c(c3oc2=O)CCCN5CCC4)c1. The molecule has 2 aromatic heterocycles. The van der Waals surface area contributed by atoms with E-state index in [-0.39, 0.29) is 5.78 Å². The van der Waals surface area contributed by atoms with E-state index in [4.69, 9.17) is 4.42 Å². The molecule has 0 bridgehead atoms. The van der Waals surface area contributed by atoms with Crippen LogP contribution in [0.3, 0.4) is 0 Å². The molecule has 5 nitrogen and oxygen atoms in total. The van der Waals surface area contributed by atoms with Crippen LogP contribution in [0, 0.1) is 0 Å². The minimum Gasteiger partial charge on any atom is -0.422 e. The summed E-state index contributed by atoms with van der Waals surface area (Å²) in [6, 6.07) is 7.60. The quantitative estimate of drug-likeness (QED) is 0.300. The number of carbonyl (C=O) groups excluding carboxylic acids is 1. The van der Waals surface area contributed by atoms with Gasteiger partial charge in [0.1, 0.15) is 12.6 Å². The molecule has 0 radical (unpaired) electrons. The third-order valence-corrected chi connectivity index (χ3v) is 5.88. The number of fused-ring (bicyclic) bond motifs is 2. The number of hydrogen-bond donors (Lipinski definition) is 0. The fourth-order valence-corrected chi connectivity index (χ4v) is 4.57. The van der Waals surface area contributed by atoms with Crippen molar-refractivity contribution < 1.29 is 13.8 Å². The summed E-state index contributed by atoms with van der Waals surface area (Å²) in [7, 11) is 1.87. The van der Waals surface area contributed by atoms with E-state index < -0.39 is 5.63 Å². The van der Waals surface area contributed by atoms with Crippen molar-refractivity contribution in [2.24, 2.45) is 7.05 Å². The van der Waals surface area contributed by atoms with Gasteiger partial charge in [0.2, 0.25) is 0 Å². The Bertz CT molecular complexity index is 1220. The molecule has 0 aliphatic carbocycles. The number of anilines is 1. The second-order valence-corrected chi connectivity index (χ2v) is 7.92. The summed E-state index contributed by atoms with van der Waals surface area (Å²) in [6.45, 7) is 2.16. The van der Waals surface area contributed by atoms with Gasteiger partial charge in [-0.15, -0.1) is 0 Å². The Morgan fingerprint density at radius 1 is 1.21 bits per heavy atom. The van der Waals surface area contributed by atoms with Crippen molar-refractivity contribution >= 4 is 28.5 Å². The van der Waals surface area contributed by atoms with Gasteiger partial charge in [0.05, 0.1) is 11.1 Å². The van der Waals surface area contributed by atoms with E-state index >= 15 is 0 Å². The highest BCUT2D eigenvalue weighted by Crippen LogP contribution is 2.39. The standard InChI is InChI=1S/C24H23N2O3/c1-25-10-2-6-18(15-25)21(27)9-8-17-14-19-13-16-5-3-11-26-12-4-7-20(22(16)26)23(19)29-24(17)28/h2,6,8-10,13-15H,3-5,7,11-12H2,1H3/q+1/b9-8+. The molecule has 5 heteroatoms. The van der Waals surface area contributed by atoms with Gasteiger partial charge in [-0.2, -0.15) is 0 Å². The highest BCUT2D eigenvalue weighted by molar-refractivity contribution is 6.06. The molecule has 5 rings (SSSR count). The summed E-state index contributed by atoms with van der Waals surface area (Å²) < 4.78 is 7.59. The van der Waals surface area contributed by atoms with Crippen LogP contribution in [-0.2, 0) is 19.9 Å². The van der Waals surface area contributed by atoms with Gasteiger partial charge < -0.3 is 9.32 Å². The molecule has 3 aromatic rings. The lowest BCUT2D eigenvalue weighted by atomic mass is 9.90. The summed E-state index contributed by atoms with van der Waals surface area (Å²) in [5.74, 6) is -0.142. The zero-order valence-electron chi connectivity index (χ0n) is 16.5. The molecule has 29 heavy (non-hydrogen) atoms. The van der Waals surface area contributed by atoms with Crippen molar-refractivity contribution in [1.82, 2.24) is 0 Å². The molecule has 0 saturated carbocycles. The molecule has 146 valence electrons. The molecule has 0 amide bonds. The lowest BCUT2D eigenvalue weighted by Crippen LogP contribution is -2.34. The molecule has 0 saturated heterocycles. The monoisotopic (exact) mass is 387 g/mol. The molecule has 0 fully saturated rings. The van der Waals surface area contributed by atoms with E-state index in [1.54, 1.807) is 18.3 Å². The van der Waals surface area contributed by atoms with Crippen molar-refractivity contribution in [3.8, 4) is 0 Å². The lowest BCUT2D eigenvalue weighted by Gasteiger charge is -2.37. The molecule has 2 aliphatic heterocycles. The second-order valence-electron chi connectivity index (χ2n) is 7.92. The van der Waals surface area contributed by atoms with Crippen molar-refractivity contribution in [2.75, 3.05) is 18.0 Å². The Morgan fingerprint density at radius 3 is 2.86 bits per heavy atom. The van der Waals surface area contributed by atoms with Crippen LogP contribution in [0.1, 0.15) is 39.9 Å². The Hall–Kier alpha value is -3.21. The Labute approximate surface area is 168 Å². The number of aromatic nitrogens is 1. The first-order valence-electron chi connectivity index (χ1n) is 10.2. The van der Waals surface area contributed by atoms with Gasteiger partial charge in [-0.1, -0.05) is 0 Å². The van der Waals surface area contributed by atoms with Crippen LogP contribution in [0.4, 0.5) is 5.69 Å². The Kier molecular flexibility index (Phi) is 4.31. The van der Waals surface area contributed by atoms with Crippen molar-refractivity contribution in [3.63, 3.8) is 0 Å². The molecule has 2 aliphatic rings. The minimum atomic E-state index is -0.399. The third kappa shape index (κ3) is 3.16. The van der Waals surface area contributed by atoms with E-state index in [1.807, 2.05) is 29.9 Å². The Morgan fingerprint density at radius 2 is 2.03 bits per heavy atom. The zero-order valence-corrected chi connectivity index (χ0v) is 16.5. The molecule has 0 atom stereocenters. The van der Waals surface area contributed by atoms with Gasteiger partial charge in [0.25, 0.3) is 0 Å². The van der Waals surface area contributed by atoms with E-state index in [2.05, 4.69) is 11.0 Å². The first-order chi connectivity index (χ1) is 14.1. The van der Waals surface area contributed by atoms with E-state index in [0.29, 0.717) is 16.7 Å². The molecule has 0 unspecified atom stereocenters. The van der Waals surface area contributed by atoms with E-state index in [1.165, 1.54) is 22.9 Å². The van der Waals surface area contributed by atoms with Crippen LogP contribution < -0.4 is 15.1 Å². The number of ketones is 1. The van der Waals surface area contributed by atoms with Crippen LogP contribution in [-0.4, -0.2) is 18.9 Å². The van der Waals surface area contributed by atoms with Crippen LogP contribution in [0.25, 0.3) is 17.0 Å². The maximum Gasteiger partial charge on any atom is 0.343 e. The average molecular weight is 387 g/mol. The number of hydrogen-bond acceptors (Lipinski definition) is 4. The summed E-state index contributed by atoms with van der Waals surface area (Å²) in [4.78, 5) is 27.5. The number of benzene rings is 1. The number of pyridine rings is 1. The molecular formula is C24H23N2O3+. The molecule has 4 heterocycles. The van der Waals surface area contributed by atoms with Gasteiger partial charge in [0, 0.05) is 35.8 Å². The van der Waals surface area contributed by atoms with Crippen LogP contribution >= 0.6 is 0 Å². The fraction of sp³-hybridized carbons (Fsp3) is 0.292. The topological polar surface area (TPSA) is 54.4 Å². The van der Waals surface area contributed by atoms with Crippen molar-refractivity contribution in [1.29, 1.82) is 0 Å². The lowest BCUT2D eigenvalue weighted by molar-refractivity contribution is -0.671. The largest absolute Gasteiger partial charge is 0.422 e. The molecule has 1 aromatic carbocycles. The molecule has 0 N–H and O–H groups in total. The number of nitrogens with zero attached hydrogens (tertiary/aromatic N) is 2.